The van der Waals surface area contributed by atoms with Crippen molar-refractivity contribution < 1.29 is 5.11 Å². The first kappa shape index (κ1) is 24.1. The fourth-order valence-corrected chi connectivity index (χ4v) is 5.07. The minimum Gasteiger partial charge on any atom is -0.494 e. The monoisotopic (exact) mass is 472 g/mol. The van der Waals surface area contributed by atoms with Crippen LogP contribution in [-0.4, -0.2) is 15.1 Å². The maximum atomic E-state index is 11.5. The van der Waals surface area contributed by atoms with E-state index in [0.717, 1.165) is 47.9 Å². The minimum absolute atomic E-state index is 0.0745. The van der Waals surface area contributed by atoms with Crippen molar-refractivity contribution in [2.24, 2.45) is 10.8 Å². The molecule has 2 aliphatic rings. The van der Waals surface area contributed by atoms with E-state index in [1.165, 1.54) is 0 Å². The molecule has 2 aromatic heterocycles. The summed E-state index contributed by atoms with van der Waals surface area (Å²) in [4.78, 5) is 17.9. The molecule has 0 amide bonds. The van der Waals surface area contributed by atoms with Gasteiger partial charge in [-0.3, -0.25) is 9.78 Å². The first-order valence-electron chi connectivity index (χ1n) is 10.5. The molecule has 6 nitrogen and oxygen atoms in total. The summed E-state index contributed by atoms with van der Waals surface area (Å²) in [6.07, 6.45) is 5.11. The fourth-order valence-electron chi connectivity index (χ4n) is 4.49. The number of rotatable bonds is 0. The molecule has 0 bridgehead atoms. The third-order valence-corrected chi connectivity index (χ3v) is 6.95. The van der Waals surface area contributed by atoms with Crippen LogP contribution in [0.3, 0.4) is 0 Å². The number of fused-ring (bicyclic) bond motifs is 2. The predicted octanol–water partition coefficient (Wildman–Crippen LogP) is 5.24. The highest BCUT2D eigenvalue weighted by molar-refractivity contribution is 6.33. The van der Waals surface area contributed by atoms with Gasteiger partial charge in [0.25, 0.3) is 5.56 Å². The number of pyridine rings is 2. The van der Waals surface area contributed by atoms with Gasteiger partial charge in [0.15, 0.2) is 5.88 Å². The predicted molar refractivity (Wildman–Crippen MR) is 124 cm³/mol. The number of hydrogen-bond donors (Lipinski definition) is 2. The van der Waals surface area contributed by atoms with Crippen LogP contribution in [0.5, 0.6) is 5.88 Å². The molecule has 0 saturated heterocycles. The van der Waals surface area contributed by atoms with Crippen molar-refractivity contribution in [3.05, 3.63) is 54.0 Å². The maximum Gasteiger partial charge on any atom is 0.268 e. The summed E-state index contributed by atoms with van der Waals surface area (Å²) in [5, 5.41) is 28.4. The molecule has 2 aromatic rings. The van der Waals surface area contributed by atoms with Gasteiger partial charge in [-0.2, -0.15) is 10.5 Å². The Bertz CT molecular complexity index is 1220. The van der Waals surface area contributed by atoms with Gasteiger partial charge < -0.3 is 5.11 Å². The van der Waals surface area contributed by atoms with Gasteiger partial charge in [0.05, 0.1) is 5.56 Å². The summed E-state index contributed by atoms with van der Waals surface area (Å²) in [5.41, 5.74) is 3.89. The molecule has 0 spiro atoms. The maximum absolute atomic E-state index is 11.5. The molecule has 8 heteroatoms. The molecule has 0 saturated carbocycles. The SMILES string of the molecule is CC1(C)CCc2c(Cl)nc(Cl)c(C#N)c2C1.CC1(C)CCc2c(O)[nH]c(=O)c(C#N)c2C1. The van der Waals surface area contributed by atoms with Crippen molar-refractivity contribution in [1.82, 2.24) is 9.97 Å². The lowest BCUT2D eigenvalue weighted by molar-refractivity contribution is 0.308. The summed E-state index contributed by atoms with van der Waals surface area (Å²) in [5.74, 6) is -0.0745. The molecule has 0 aliphatic heterocycles. The van der Waals surface area contributed by atoms with Crippen LogP contribution in [0.15, 0.2) is 4.79 Å². The summed E-state index contributed by atoms with van der Waals surface area (Å²) >= 11 is 12.0. The van der Waals surface area contributed by atoms with Gasteiger partial charge in [-0.15, -0.1) is 0 Å². The molecular weight excluding hydrogens is 447 g/mol. The molecule has 168 valence electrons. The molecule has 2 N–H and O–H groups in total. The number of nitriles is 2. The number of aromatic amines is 1. The topological polar surface area (TPSA) is 114 Å². The second kappa shape index (κ2) is 8.77. The molecule has 4 rings (SSSR count). The normalized spacial score (nSPS) is 17.6. The Morgan fingerprint density at radius 1 is 0.875 bits per heavy atom. The molecule has 0 radical (unpaired) electrons. The first-order chi connectivity index (χ1) is 14.9. The van der Waals surface area contributed by atoms with Gasteiger partial charge in [0.2, 0.25) is 0 Å². The van der Waals surface area contributed by atoms with Gasteiger partial charge in [0.1, 0.15) is 28.0 Å². The van der Waals surface area contributed by atoms with Crippen molar-refractivity contribution in [2.75, 3.05) is 0 Å². The number of aromatic hydroxyl groups is 1. The van der Waals surface area contributed by atoms with Crippen LogP contribution in [0.25, 0.3) is 0 Å². The molecule has 2 heterocycles. The summed E-state index contributed by atoms with van der Waals surface area (Å²) in [6, 6.07) is 4.07. The number of nitrogens with one attached hydrogen (secondary N) is 1. The van der Waals surface area contributed by atoms with Crippen LogP contribution in [0, 0.1) is 33.5 Å². The van der Waals surface area contributed by atoms with Gasteiger partial charge in [-0.25, -0.2) is 4.98 Å². The standard InChI is InChI=1S/C12H12Cl2N2.C12H14N2O2/c1-12(2)4-3-7-8(5-12)9(6-15)11(14)16-10(7)13;1-12(2)4-3-7-8(5-12)9(6-13)11(16)14-10(7)15/h3-5H2,1-2H3;3-5H2,1-2H3,(H2,14,15,16). The van der Waals surface area contributed by atoms with Crippen molar-refractivity contribution in [3.8, 4) is 18.0 Å². The lowest BCUT2D eigenvalue weighted by atomic mass is 9.73. The zero-order valence-electron chi connectivity index (χ0n) is 18.7. The van der Waals surface area contributed by atoms with E-state index in [1.54, 1.807) is 0 Å². The van der Waals surface area contributed by atoms with Crippen LogP contribution in [-0.2, 0) is 25.7 Å². The van der Waals surface area contributed by atoms with E-state index >= 15 is 0 Å². The van der Waals surface area contributed by atoms with E-state index in [1.807, 2.05) is 6.07 Å². The van der Waals surface area contributed by atoms with Crippen LogP contribution in [0.1, 0.15) is 73.9 Å². The largest absolute Gasteiger partial charge is 0.494 e. The number of nitrogens with zero attached hydrogens (tertiary/aromatic N) is 3. The third kappa shape index (κ3) is 4.77. The summed E-state index contributed by atoms with van der Waals surface area (Å²) < 4.78 is 0. The van der Waals surface area contributed by atoms with E-state index in [2.05, 4.69) is 43.7 Å². The molecular formula is C24H26Cl2N4O2. The van der Waals surface area contributed by atoms with Crippen LogP contribution in [0.4, 0.5) is 0 Å². The number of aromatic nitrogens is 2. The Kier molecular flexibility index (Phi) is 6.61. The lowest BCUT2D eigenvalue weighted by Gasteiger charge is -2.32. The van der Waals surface area contributed by atoms with Crippen molar-refractivity contribution in [2.45, 2.75) is 66.2 Å². The Balaban J connectivity index is 0.000000181. The third-order valence-electron chi connectivity index (χ3n) is 6.37. The highest BCUT2D eigenvalue weighted by atomic mass is 35.5. The number of H-pyrrole nitrogens is 1. The first-order valence-corrected chi connectivity index (χ1v) is 11.3. The lowest BCUT2D eigenvalue weighted by Crippen LogP contribution is -2.27. The summed E-state index contributed by atoms with van der Waals surface area (Å²) in [7, 11) is 0. The second-order valence-electron chi connectivity index (χ2n) is 10.1. The van der Waals surface area contributed by atoms with E-state index in [9.17, 15) is 9.90 Å². The average Bonchev–Trinajstić information content (AvgIpc) is 2.67. The Labute approximate surface area is 197 Å². The molecule has 0 unspecified atom stereocenters. The number of hydrogen-bond acceptors (Lipinski definition) is 5. The van der Waals surface area contributed by atoms with Crippen molar-refractivity contribution >= 4 is 23.2 Å². The highest BCUT2D eigenvalue weighted by Gasteiger charge is 2.31. The zero-order valence-corrected chi connectivity index (χ0v) is 20.2. The number of halogens is 2. The summed E-state index contributed by atoms with van der Waals surface area (Å²) in [6.45, 7) is 8.60. The molecule has 0 aromatic carbocycles. The molecule has 2 aliphatic carbocycles. The second-order valence-corrected chi connectivity index (χ2v) is 10.8. The smallest absolute Gasteiger partial charge is 0.268 e. The van der Waals surface area contributed by atoms with Gasteiger partial charge in [-0.1, -0.05) is 50.9 Å². The quantitative estimate of drug-likeness (QED) is 0.508. The van der Waals surface area contributed by atoms with Gasteiger partial charge in [-0.05, 0) is 66.0 Å². The van der Waals surface area contributed by atoms with Gasteiger partial charge >= 0.3 is 0 Å². The van der Waals surface area contributed by atoms with E-state index in [-0.39, 0.29) is 27.4 Å². The van der Waals surface area contributed by atoms with Crippen molar-refractivity contribution in [1.29, 1.82) is 10.5 Å². The van der Waals surface area contributed by atoms with Gasteiger partial charge in [0, 0.05) is 5.56 Å². The van der Waals surface area contributed by atoms with Crippen LogP contribution in [0.2, 0.25) is 10.3 Å². The fraction of sp³-hybridized carbons (Fsp3) is 0.500. The Morgan fingerprint density at radius 2 is 1.38 bits per heavy atom. The van der Waals surface area contributed by atoms with Crippen LogP contribution < -0.4 is 5.56 Å². The van der Waals surface area contributed by atoms with Crippen LogP contribution >= 0.6 is 23.2 Å². The highest BCUT2D eigenvalue weighted by Crippen LogP contribution is 2.40. The average molecular weight is 473 g/mol. The van der Waals surface area contributed by atoms with Crippen molar-refractivity contribution in [3.63, 3.8) is 0 Å². The Morgan fingerprint density at radius 3 is 1.91 bits per heavy atom. The minimum atomic E-state index is -0.489. The van der Waals surface area contributed by atoms with E-state index < -0.39 is 5.56 Å². The molecule has 0 fully saturated rings. The Hall–Kier alpha value is -2.54. The van der Waals surface area contributed by atoms with E-state index in [4.69, 9.17) is 33.7 Å². The molecule has 0 atom stereocenters. The van der Waals surface area contributed by atoms with E-state index in [0.29, 0.717) is 23.6 Å². The molecule has 32 heavy (non-hydrogen) atoms. The zero-order chi connectivity index (χ0) is 23.8.